The molecule has 0 aromatic rings. The molecule has 18 heavy (non-hydrogen) atoms. The van der Waals surface area contributed by atoms with Crippen molar-refractivity contribution in [1.82, 2.24) is 0 Å². The Kier molecular flexibility index (Phi) is 14.0. The van der Waals surface area contributed by atoms with Gasteiger partial charge in [-0.2, -0.15) is 0 Å². The number of carbonyl (C=O) groups is 1. The maximum absolute atomic E-state index is 9.36. The predicted molar refractivity (Wildman–Crippen MR) is 70.1 cm³/mol. The van der Waals surface area contributed by atoms with Crippen LogP contribution in [0.2, 0.25) is 0 Å². The number of hydrogen-bond donors (Lipinski definition) is 0. The van der Waals surface area contributed by atoms with Crippen molar-refractivity contribution in [1.29, 1.82) is 0 Å². The molecule has 0 aliphatic carbocycles. The third-order valence-electron chi connectivity index (χ3n) is 2.77. The molecule has 0 radical (unpaired) electrons. The average Bonchev–Trinajstić information content (AvgIpc) is 2.30. The highest BCUT2D eigenvalue weighted by molar-refractivity contribution is 5.65. The monoisotopic (exact) mass is 263 g/mol. The lowest BCUT2D eigenvalue weighted by atomic mass is 10.3. The Labute approximate surface area is 111 Å². The van der Waals surface area contributed by atoms with Gasteiger partial charge in [-0.25, -0.2) is 0 Å². The normalized spacial score (nSPS) is 13.4. The molecule has 0 aliphatic rings. The van der Waals surface area contributed by atoms with Crippen LogP contribution in [0.4, 0.5) is 0 Å². The van der Waals surface area contributed by atoms with Crippen molar-refractivity contribution in [2.24, 2.45) is 0 Å². The second-order valence-electron chi connectivity index (χ2n) is 4.38. The molecule has 0 saturated carbocycles. The highest BCUT2D eigenvalue weighted by atomic mass is 16.5. The zero-order chi connectivity index (χ0) is 14.4. The van der Waals surface area contributed by atoms with Crippen LogP contribution in [-0.2, 0) is 14.3 Å². The summed E-state index contributed by atoms with van der Waals surface area (Å²) in [5.41, 5.74) is 0. The highest BCUT2D eigenvalue weighted by Gasteiger charge is 2.16. The highest BCUT2D eigenvalue weighted by Crippen LogP contribution is 2.02. The number of aliphatic carboxylic acids is 1. The Morgan fingerprint density at radius 3 is 2.11 bits per heavy atom. The first-order valence-corrected chi connectivity index (χ1v) is 6.55. The second-order valence-corrected chi connectivity index (χ2v) is 4.38. The fourth-order valence-corrected chi connectivity index (χ4v) is 1.51. The summed E-state index contributed by atoms with van der Waals surface area (Å²) >= 11 is 0. The topological polar surface area (TPSA) is 58.6 Å². The molecule has 5 nitrogen and oxygen atoms in total. The summed E-state index contributed by atoms with van der Waals surface area (Å²) in [6.45, 7) is 11.6. The molecule has 5 heteroatoms. The molecule has 0 heterocycles. The number of hydrogen-bond acceptors (Lipinski definition) is 4. The second kappa shape index (κ2) is 12.8. The van der Waals surface area contributed by atoms with E-state index in [2.05, 4.69) is 32.6 Å². The molecule has 1 atom stereocenters. The lowest BCUT2D eigenvalue weighted by Crippen LogP contribution is -2.46. The van der Waals surface area contributed by atoms with Gasteiger partial charge < -0.3 is 23.9 Å². The smallest absolute Gasteiger partial charge is 0.102 e. The number of ether oxygens (including phenoxy) is 2. The van der Waals surface area contributed by atoms with Crippen LogP contribution in [-0.4, -0.2) is 64.1 Å². The number of quaternary nitrogens is 1. The number of carboxylic acids is 1. The molecule has 0 rings (SSSR count). The van der Waals surface area contributed by atoms with E-state index in [4.69, 9.17) is 4.74 Å². The lowest BCUT2D eigenvalue weighted by molar-refractivity contribution is -0.908. The van der Waals surface area contributed by atoms with Crippen LogP contribution < -0.4 is 5.11 Å². The summed E-state index contributed by atoms with van der Waals surface area (Å²) in [6.07, 6.45) is 1.26. The Hall–Kier alpha value is -0.650. The molecule has 110 valence electrons. The van der Waals surface area contributed by atoms with Crippen molar-refractivity contribution in [3.63, 3.8) is 0 Å². The summed E-state index contributed by atoms with van der Waals surface area (Å²) in [6, 6.07) is 0. The average molecular weight is 263 g/mol. The number of carbonyl (C=O) groups excluding carboxylic acids is 1. The SMILES string of the molecule is CCC[N+](C)(CC)CCOCC.COCC(=O)[O-]. The number of methoxy groups -OCH3 is 1. The maximum atomic E-state index is 9.36. The van der Waals surface area contributed by atoms with E-state index >= 15 is 0 Å². The number of rotatable bonds is 9. The number of likely N-dealkylation sites (N-methyl/N-ethyl adjacent to an activating group) is 1. The van der Waals surface area contributed by atoms with E-state index in [1.807, 2.05) is 0 Å². The molecular formula is C13H29NO4. The Bertz CT molecular complexity index is 199. The minimum atomic E-state index is -1.18. The molecule has 0 aromatic heterocycles. The third-order valence-corrected chi connectivity index (χ3v) is 2.77. The summed E-state index contributed by atoms with van der Waals surface area (Å²) in [7, 11) is 3.61. The van der Waals surface area contributed by atoms with E-state index in [1.54, 1.807) is 0 Å². The van der Waals surface area contributed by atoms with Gasteiger partial charge in [-0.05, 0) is 20.3 Å². The Morgan fingerprint density at radius 2 is 1.83 bits per heavy atom. The quantitative estimate of drug-likeness (QED) is 0.443. The minimum absolute atomic E-state index is 0.319. The van der Waals surface area contributed by atoms with Gasteiger partial charge in [0.15, 0.2) is 0 Å². The fraction of sp³-hybridized carbons (Fsp3) is 0.923. The van der Waals surface area contributed by atoms with E-state index in [0.29, 0.717) is 0 Å². The molecule has 0 aliphatic heterocycles. The van der Waals surface area contributed by atoms with Gasteiger partial charge in [-0.15, -0.1) is 0 Å². The van der Waals surface area contributed by atoms with E-state index in [0.717, 1.165) is 24.2 Å². The van der Waals surface area contributed by atoms with Gasteiger partial charge in [-0.3, -0.25) is 0 Å². The van der Waals surface area contributed by atoms with Crippen LogP contribution in [0, 0.1) is 0 Å². The minimum Gasteiger partial charge on any atom is -0.548 e. The standard InChI is InChI=1S/C10H24NO.C3H6O3/c1-5-8-11(4,6-2)9-10-12-7-3;1-6-2-3(4)5/h5-10H2,1-4H3;2H2,1H3,(H,4,5)/q+1;/p-1. The summed E-state index contributed by atoms with van der Waals surface area (Å²) in [5.74, 6) is -1.18. The van der Waals surface area contributed by atoms with Crippen LogP contribution in [0.3, 0.4) is 0 Å². The van der Waals surface area contributed by atoms with Crippen LogP contribution >= 0.6 is 0 Å². The molecular weight excluding hydrogens is 234 g/mol. The van der Waals surface area contributed by atoms with Crippen LogP contribution in [0.15, 0.2) is 0 Å². The van der Waals surface area contributed by atoms with Crippen molar-refractivity contribution >= 4 is 5.97 Å². The van der Waals surface area contributed by atoms with Gasteiger partial charge in [-0.1, -0.05) is 6.92 Å². The van der Waals surface area contributed by atoms with Gasteiger partial charge >= 0.3 is 0 Å². The van der Waals surface area contributed by atoms with Gasteiger partial charge in [0, 0.05) is 13.7 Å². The largest absolute Gasteiger partial charge is 0.548 e. The number of carboxylic acid groups (broad SMARTS) is 1. The first kappa shape index (κ1) is 19.7. The van der Waals surface area contributed by atoms with Crippen LogP contribution in [0.25, 0.3) is 0 Å². The predicted octanol–water partition coefficient (Wildman–Crippen LogP) is 0.282. The summed E-state index contributed by atoms with van der Waals surface area (Å²) < 4.78 is 10.7. The molecule has 0 amide bonds. The van der Waals surface area contributed by atoms with Gasteiger partial charge in [0.2, 0.25) is 0 Å². The van der Waals surface area contributed by atoms with Crippen LogP contribution in [0.5, 0.6) is 0 Å². The zero-order valence-electron chi connectivity index (χ0n) is 12.5. The molecule has 0 saturated heterocycles. The van der Waals surface area contributed by atoms with Gasteiger partial charge in [0.05, 0.1) is 39.3 Å². The van der Waals surface area contributed by atoms with Crippen molar-refractivity contribution in [2.75, 3.05) is 53.6 Å². The van der Waals surface area contributed by atoms with Crippen molar-refractivity contribution < 1.29 is 23.9 Å². The Balaban J connectivity index is 0. The first-order chi connectivity index (χ1) is 8.45. The fourth-order valence-electron chi connectivity index (χ4n) is 1.51. The first-order valence-electron chi connectivity index (χ1n) is 6.55. The molecule has 0 spiro atoms. The van der Waals surface area contributed by atoms with Crippen molar-refractivity contribution in [2.45, 2.75) is 27.2 Å². The molecule has 0 bridgehead atoms. The van der Waals surface area contributed by atoms with Crippen LogP contribution in [0.1, 0.15) is 27.2 Å². The van der Waals surface area contributed by atoms with E-state index in [9.17, 15) is 9.90 Å². The molecule has 0 N–H and O–H groups in total. The summed E-state index contributed by atoms with van der Waals surface area (Å²) in [5, 5.41) is 9.36. The molecule has 0 aromatic carbocycles. The lowest BCUT2D eigenvalue weighted by Gasteiger charge is -2.32. The third kappa shape index (κ3) is 13.4. The number of nitrogens with zero attached hydrogens (tertiary/aromatic N) is 1. The van der Waals surface area contributed by atoms with E-state index in [-0.39, 0.29) is 6.61 Å². The van der Waals surface area contributed by atoms with Gasteiger partial charge in [0.1, 0.15) is 6.54 Å². The molecule has 0 fully saturated rings. The zero-order valence-corrected chi connectivity index (χ0v) is 12.5. The van der Waals surface area contributed by atoms with E-state index < -0.39 is 5.97 Å². The van der Waals surface area contributed by atoms with E-state index in [1.165, 1.54) is 26.6 Å². The van der Waals surface area contributed by atoms with Gasteiger partial charge in [0.25, 0.3) is 0 Å². The Morgan fingerprint density at radius 1 is 1.22 bits per heavy atom. The summed E-state index contributed by atoms with van der Waals surface area (Å²) in [4.78, 5) is 9.36. The maximum Gasteiger partial charge on any atom is 0.102 e. The van der Waals surface area contributed by atoms with Crippen molar-refractivity contribution in [3.05, 3.63) is 0 Å². The van der Waals surface area contributed by atoms with Crippen molar-refractivity contribution in [3.8, 4) is 0 Å². The molecule has 1 unspecified atom stereocenters.